The number of benzene rings is 1. The van der Waals surface area contributed by atoms with Crippen LogP contribution in [0.2, 0.25) is 0 Å². The van der Waals surface area contributed by atoms with Crippen molar-refractivity contribution in [2.45, 2.75) is 26.1 Å². The van der Waals surface area contributed by atoms with E-state index in [4.69, 9.17) is 10.7 Å². The number of rotatable bonds is 1. The van der Waals surface area contributed by atoms with E-state index in [2.05, 4.69) is 39.5 Å². The van der Waals surface area contributed by atoms with Gasteiger partial charge in [-0.3, -0.25) is 0 Å². The van der Waals surface area contributed by atoms with E-state index >= 15 is 0 Å². The molecule has 0 aliphatic carbocycles. The summed E-state index contributed by atoms with van der Waals surface area (Å²) in [6.45, 7) is 3.48. The fourth-order valence-electron chi connectivity index (χ4n) is 2.97. The molecule has 1 aromatic carbocycles. The Morgan fingerprint density at radius 3 is 2.60 bits per heavy atom. The highest BCUT2D eigenvalue weighted by Crippen LogP contribution is 2.28. The van der Waals surface area contributed by atoms with Gasteiger partial charge < -0.3 is 16.0 Å². The van der Waals surface area contributed by atoms with E-state index in [-0.39, 0.29) is 0 Å². The van der Waals surface area contributed by atoms with Crippen molar-refractivity contribution in [3.05, 3.63) is 46.6 Å². The minimum absolute atomic E-state index is 0.619. The summed E-state index contributed by atoms with van der Waals surface area (Å²) in [5.41, 5.74) is 11.0. The molecule has 2 aliphatic rings. The molecule has 20 heavy (non-hydrogen) atoms. The summed E-state index contributed by atoms with van der Waals surface area (Å²) in [6.07, 6.45) is 0.926. The number of fused-ring (bicyclic) bond motifs is 2. The summed E-state index contributed by atoms with van der Waals surface area (Å²) < 4.78 is 0. The van der Waals surface area contributed by atoms with Crippen LogP contribution in [0.1, 0.15) is 22.4 Å². The third kappa shape index (κ3) is 1.82. The lowest BCUT2D eigenvalue weighted by atomic mass is 10.1. The largest absolute Gasteiger partial charge is 0.383 e. The first kappa shape index (κ1) is 11.7. The number of hydrogen-bond acceptors (Lipinski definition) is 5. The van der Waals surface area contributed by atoms with Gasteiger partial charge in [-0.05, 0) is 11.1 Å². The predicted molar refractivity (Wildman–Crippen MR) is 78.2 cm³/mol. The van der Waals surface area contributed by atoms with Crippen LogP contribution in [0.15, 0.2) is 24.3 Å². The zero-order chi connectivity index (χ0) is 13.5. The molecule has 4 rings (SSSR count). The first-order valence-corrected chi connectivity index (χ1v) is 6.99. The van der Waals surface area contributed by atoms with Gasteiger partial charge in [0.15, 0.2) is 0 Å². The number of nitrogens with two attached hydrogens (primary N) is 1. The predicted octanol–water partition coefficient (Wildman–Crippen LogP) is 1.22. The molecule has 2 aliphatic heterocycles. The van der Waals surface area contributed by atoms with Crippen LogP contribution >= 0.6 is 0 Å². The standard InChI is InChI=1S/C15H17N5/c16-14-12-7-17-6-5-13(12)18-15(19-14)20-8-10-3-1-2-4-11(10)9-20/h1-4,17H,5-9H2,(H2,16,18,19). The molecule has 0 saturated heterocycles. The molecule has 0 unspecified atom stereocenters. The van der Waals surface area contributed by atoms with E-state index in [0.29, 0.717) is 5.82 Å². The molecule has 3 heterocycles. The molecule has 0 atom stereocenters. The maximum absolute atomic E-state index is 6.10. The van der Waals surface area contributed by atoms with Crippen molar-refractivity contribution < 1.29 is 0 Å². The number of nitrogen functional groups attached to an aromatic ring is 1. The maximum Gasteiger partial charge on any atom is 0.228 e. The molecular weight excluding hydrogens is 250 g/mol. The molecule has 0 radical (unpaired) electrons. The minimum atomic E-state index is 0.619. The van der Waals surface area contributed by atoms with Gasteiger partial charge in [-0.1, -0.05) is 24.3 Å². The maximum atomic E-state index is 6.10. The Morgan fingerprint density at radius 1 is 1.10 bits per heavy atom. The van der Waals surface area contributed by atoms with Crippen LogP contribution in [0.4, 0.5) is 11.8 Å². The molecule has 1 aromatic heterocycles. The molecule has 0 bridgehead atoms. The fraction of sp³-hybridized carbons (Fsp3) is 0.333. The van der Waals surface area contributed by atoms with Gasteiger partial charge in [-0.25, -0.2) is 4.98 Å². The van der Waals surface area contributed by atoms with Crippen LogP contribution in [0.25, 0.3) is 0 Å². The van der Waals surface area contributed by atoms with Crippen molar-refractivity contribution in [1.82, 2.24) is 15.3 Å². The van der Waals surface area contributed by atoms with Gasteiger partial charge in [0.2, 0.25) is 5.95 Å². The van der Waals surface area contributed by atoms with E-state index in [1.807, 2.05) is 0 Å². The quantitative estimate of drug-likeness (QED) is 0.813. The van der Waals surface area contributed by atoms with Crippen LogP contribution in [0.5, 0.6) is 0 Å². The lowest BCUT2D eigenvalue weighted by Gasteiger charge is -2.22. The second-order valence-electron chi connectivity index (χ2n) is 5.39. The molecule has 102 valence electrons. The summed E-state index contributed by atoms with van der Waals surface area (Å²) in [5.74, 6) is 1.38. The Kier molecular flexibility index (Phi) is 2.60. The molecule has 0 spiro atoms. The summed E-state index contributed by atoms with van der Waals surface area (Å²) in [6, 6.07) is 8.49. The molecule has 3 N–H and O–H groups in total. The van der Waals surface area contributed by atoms with Gasteiger partial charge in [-0.15, -0.1) is 0 Å². The zero-order valence-electron chi connectivity index (χ0n) is 11.3. The minimum Gasteiger partial charge on any atom is -0.383 e. The van der Waals surface area contributed by atoms with Crippen molar-refractivity contribution in [3.8, 4) is 0 Å². The third-order valence-electron chi connectivity index (χ3n) is 4.08. The summed E-state index contributed by atoms with van der Waals surface area (Å²) in [5, 5.41) is 3.31. The Hall–Kier alpha value is -2.14. The van der Waals surface area contributed by atoms with E-state index in [1.165, 1.54) is 11.1 Å². The lowest BCUT2D eigenvalue weighted by Crippen LogP contribution is -2.28. The average molecular weight is 267 g/mol. The molecule has 5 heteroatoms. The number of aromatic nitrogens is 2. The van der Waals surface area contributed by atoms with Gasteiger partial charge in [0.25, 0.3) is 0 Å². The SMILES string of the molecule is Nc1nc(N2Cc3ccccc3C2)nc2c1CNCC2. The van der Waals surface area contributed by atoms with E-state index in [0.717, 1.165) is 49.8 Å². The van der Waals surface area contributed by atoms with E-state index in [9.17, 15) is 0 Å². The lowest BCUT2D eigenvalue weighted by molar-refractivity contribution is 0.625. The molecule has 0 saturated carbocycles. The van der Waals surface area contributed by atoms with E-state index in [1.54, 1.807) is 0 Å². The van der Waals surface area contributed by atoms with E-state index < -0.39 is 0 Å². The summed E-state index contributed by atoms with van der Waals surface area (Å²) >= 11 is 0. The molecule has 0 amide bonds. The molecular formula is C15H17N5. The van der Waals surface area contributed by atoms with Crippen molar-refractivity contribution in [2.75, 3.05) is 17.2 Å². The Morgan fingerprint density at radius 2 is 1.85 bits per heavy atom. The summed E-state index contributed by atoms with van der Waals surface area (Å²) in [7, 11) is 0. The normalized spacial score (nSPS) is 16.9. The molecule has 2 aromatic rings. The van der Waals surface area contributed by atoms with Crippen LogP contribution < -0.4 is 16.0 Å². The van der Waals surface area contributed by atoms with Crippen LogP contribution in [0.3, 0.4) is 0 Å². The van der Waals surface area contributed by atoms with Gasteiger partial charge >= 0.3 is 0 Å². The highest BCUT2D eigenvalue weighted by atomic mass is 15.3. The van der Waals surface area contributed by atoms with Crippen LogP contribution in [0, 0.1) is 0 Å². The molecule has 5 nitrogen and oxygen atoms in total. The monoisotopic (exact) mass is 267 g/mol. The molecule has 0 fully saturated rings. The number of anilines is 2. The second-order valence-corrected chi connectivity index (χ2v) is 5.39. The first-order chi connectivity index (χ1) is 9.81. The number of nitrogens with zero attached hydrogens (tertiary/aromatic N) is 3. The van der Waals surface area contributed by atoms with Gasteiger partial charge in [0.05, 0.1) is 5.69 Å². The number of hydrogen-bond donors (Lipinski definition) is 2. The summed E-state index contributed by atoms with van der Waals surface area (Å²) in [4.78, 5) is 11.4. The van der Waals surface area contributed by atoms with Gasteiger partial charge in [0.1, 0.15) is 5.82 Å². The zero-order valence-corrected chi connectivity index (χ0v) is 11.3. The smallest absolute Gasteiger partial charge is 0.228 e. The average Bonchev–Trinajstić information content (AvgIpc) is 2.91. The Labute approximate surface area is 117 Å². The van der Waals surface area contributed by atoms with Crippen molar-refractivity contribution in [2.24, 2.45) is 0 Å². The highest BCUT2D eigenvalue weighted by molar-refractivity contribution is 5.51. The second kappa shape index (κ2) is 4.45. The third-order valence-corrected chi connectivity index (χ3v) is 4.08. The van der Waals surface area contributed by atoms with Crippen molar-refractivity contribution in [1.29, 1.82) is 0 Å². The first-order valence-electron chi connectivity index (χ1n) is 6.99. The number of nitrogens with one attached hydrogen (secondary N) is 1. The van der Waals surface area contributed by atoms with Crippen molar-refractivity contribution in [3.63, 3.8) is 0 Å². The Bertz CT molecular complexity index is 642. The highest BCUT2D eigenvalue weighted by Gasteiger charge is 2.23. The fourth-order valence-corrected chi connectivity index (χ4v) is 2.97. The van der Waals surface area contributed by atoms with Crippen LogP contribution in [-0.2, 0) is 26.1 Å². The topological polar surface area (TPSA) is 67.1 Å². The van der Waals surface area contributed by atoms with Gasteiger partial charge in [0, 0.05) is 38.2 Å². The Balaban J connectivity index is 1.69. The van der Waals surface area contributed by atoms with Crippen molar-refractivity contribution >= 4 is 11.8 Å². The van der Waals surface area contributed by atoms with Gasteiger partial charge in [-0.2, -0.15) is 4.98 Å². The van der Waals surface area contributed by atoms with Crippen LogP contribution in [-0.4, -0.2) is 16.5 Å².